The molecule has 1 heterocycles. The van der Waals surface area contributed by atoms with Gasteiger partial charge in [0.05, 0.1) is 18.0 Å². The van der Waals surface area contributed by atoms with Crippen molar-refractivity contribution >= 4 is 17.4 Å². The molecule has 1 aliphatic rings. The van der Waals surface area contributed by atoms with Crippen molar-refractivity contribution in [3.05, 3.63) is 70.8 Å². The van der Waals surface area contributed by atoms with E-state index in [0.717, 1.165) is 30.5 Å². The molecular formula is C22H26F2N6O. The molecule has 7 nitrogen and oxygen atoms in total. The van der Waals surface area contributed by atoms with Crippen molar-refractivity contribution < 1.29 is 13.6 Å². The normalized spacial score (nSPS) is 17.0. The molecule has 1 atom stereocenters. The highest BCUT2D eigenvalue weighted by molar-refractivity contribution is 5.92. The van der Waals surface area contributed by atoms with Gasteiger partial charge in [-0.3, -0.25) is 4.79 Å². The molecule has 0 spiro atoms. The first kappa shape index (κ1) is 22.2. The predicted octanol–water partition coefficient (Wildman–Crippen LogP) is 2.81. The van der Waals surface area contributed by atoms with Crippen molar-refractivity contribution in [2.45, 2.75) is 26.2 Å². The van der Waals surface area contributed by atoms with Crippen LogP contribution in [-0.2, 0) is 0 Å². The lowest BCUT2D eigenvalue weighted by Gasteiger charge is -2.30. The van der Waals surface area contributed by atoms with E-state index in [1.807, 2.05) is 6.92 Å². The van der Waals surface area contributed by atoms with Crippen molar-refractivity contribution in [3.8, 4) is 0 Å². The molecule has 0 bridgehead atoms. The third kappa shape index (κ3) is 4.99. The Bertz CT molecular complexity index is 999. The second kappa shape index (κ2) is 9.55. The Morgan fingerprint density at radius 3 is 2.55 bits per heavy atom. The molecule has 1 unspecified atom stereocenters. The molecule has 6 N–H and O–H groups in total. The van der Waals surface area contributed by atoms with Gasteiger partial charge in [0.1, 0.15) is 23.1 Å². The largest absolute Gasteiger partial charge is 0.402 e. The summed E-state index contributed by atoms with van der Waals surface area (Å²) in [6, 6.07) is 3.60. The zero-order valence-corrected chi connectivity index (χ0v) is 17.3. The van der Waals surface area contributed by atoms with Crippen LogP contribution in [0.25, 0.3) is 5.70 Å². The molecule has 9 heteroatoms. The van der Waals surface area contributed by atoms with Crippen LogP contribution in [0.4, 0.5) is 14.6 Å². The molecule has 1 aromatic heterocycles. The minimum atomic E-state index is -0.729. The summed E-state index contributed by atoms with van der Waals surface area (Å²) >= 11 is 0. The SMILES string of the molecule is CCN(CC1CCCC(/C=C(\N)c2c(F)cccc2F)=C1N)C(=O)c1cnc(N)cn1. The molecular weight excluding hydrogens is 402 g/mol. The summed E-state index contributed by atoms with van der Waals surface area (Å²) in [5, 5.41) is 0. The first-order chi connectivity index (χ1) is 14.8. The molecule has 1 amide bonds. The number of anilines is 1. The zero-order valence-electron chi connectivity index (χ0n) is 17.3. The number of halogens is 2. The molecule has 0 aliphatic heterocycles. The van der Waals surface area contributed by atoms with Crippen LogP contribution in [0.15, 0.2) is 47.9 Å². The van der Waals surface area contributed by atoms with Crippen molar-refractivity contribution in [1.29, 1.82) is 0 Å². The summed E-state index contributed by atoms with van der Waals surface area (Å²) in [7, 11) is 0. The highest BCUT2D eigenvalue weighted by atomic mass is 19.1. The number of carbonyl (C=O) groups is 1. The fourth-order valence-electron chi connectivity index (χ4n) is 3.71. The number of nitrogens with zero attached hydrogens (tertiary/aromatic N) is 3. The highest BCUT2D eigenvalue weighted by Gasteiger charge is 2.26. The van der Waals surface area contributed by atoms with E-state index in [9.17, 15) is 13.6 Å². The summed E-state index contributed by atoms with van der Waals surface area (Å²) < 4.78 is 28.1. The molecule has 1 aromatic carbocycles. The van der Waals surface area contributed by atoms with Gasteiger partial charge in [-0.15, -0.1) is 0 Å². The molecule has 0 saturated carbocycles. The van der Waals surface area contributed by atoms with Gasteiger partial charge in [-0.1, -0.05) is 6.07 Å². The van der Waals surface area contributed by atoms with Crippen LogP contribution in [0, 0.1) is 17.6 Å². The molecule has 1 aliphatic carbocycles. The third-order valence-corrected chi connectivity index (χ3v) is 5.39. The van der Waals surface area contributed by atoms with Crippen LogP contribution in [0.2, 0.25) is 0 Å². The maximum atomic E-state index is 14.1. The summed E-state index contributed by atoms with van der Waals surface area (Å²) in [4.78, 5) is 22.4. The number of amides is 1. The zero-order chi connectivity index (χ0) is 22.5. The van der Waals surface area contributed by atoms with Crippen LogP contribution >= 0.6 is 0 Å². The minimum absolute atomic E-state index is 0.0187. The summed E-state index contributed by atoms with van der Waals surface area (Å²) in [5.41, 5.74) is 19.1. The van der Waals surface area contributed by atoms with E-state index in [1.54, 1.807) is 4.90 Å². The van der Waals surface area contributed by atoms with Crippen LogP contribution in [0.1, 0.15) is 42.2 Å². The van der Waals surface area contributed by atoms with Gasteiger partial charge in [-0.25, -0.2) is 18.7 Å². The average molecular weight is 428 g/mol. The number of hydrogen-bond acceptors (Lipinski definition) is 6. The van der Waals surface area contributed by atoms with Gasteiger partial charge in [-0.05, 0) is 50.0 Å². The van der Waals surface area contributed by atoms with E-state index in [1.165, 1.54) is 24.5 Å². The van der Waals surface area contributed by atoms with Gasteiger partial charge < -0.3 is 22.1 Å². The number of aromatic nitrogens is 2. The van der Waals surface area contributed by atoms with Gasteiger partial charge in [-0.2, -0.15) is 0 Å². The predicted molar refractivity (Wildman–Crippen MR) is 115 cm³/mol. The van der Waals surface area contributed by atoms with Crippen molar-refractivity contribution in [1.82, 2.24) is 14.9 Å². The smallest absolute Gasteiger partial charge is 0.274 e. The number of carbonyl (C=O) groups excluding carboxylic acids is 1. The number of rotatable bonds is 6. The number of nitrogens with two attached hydrogens (primary N) is 3. The lowest BCUT2D eigenvalue weighted by molar-refractivity contribution is 0.0735. The van der Waals surface area contributed by atoms with Crippen molar-refractivity contribution in [2.75, 3.05) is 18.8 Å². The fourth-order valence-corrected chi connectivity index (χ4v) is 3.71. The van der Waals surface area contributed by atoms with E-state index in [4.69, 9.17) is 17.2 Å². The van der Waals surface area contributed by atoms with Gasteiger partial charge in [0.2, 0.25) is 0 Å². The fraction of sp³-hybridized carbons (Fsp3) is 0.318. The molecule has 0 radical (unpaired) electrons. The molecule has 31 heavy (non-hydrogen) atoms. The molecule has 0 saturated heterocycles. The molecule has 0 fully saturated rings. The second-order valence-electron chi connectivity index (χ2n) is 7.44. The van der Waals surface area contributed by atoms with Gasteiger partial charge in [0.15, 0.2) is 0 Å². The molecule has 3 rings (SSSR count). The van der Waals surface area contributed by atoms with E-state index >= 15 is 0 Å². The Hall–Kier alpha value is -3.49. The second-order valence-corrected chi connectivity index (χ2v) is 7.44. The van der Waals surface area contributed by atoms with Gasteiger partial charge in [0.25, 0.3) is 5.91 Å². The van der Waals surface area contributed by atoms with Crippen LogP contribution < -0.4 is 17.2 Å². The highest BCUT2D eigenvalue weighted by Crippen LogP contribution is 2.31. The molecule has 2 aromatic rings. The van der Waals surface area contributed by atoms with Gasteiger partial charge in [0, 0.05) is 30.4 Å². The van der Waals surface area contributed by atoms with E-state index in [0.29, 0.717) is 25.2 Å². The average Bonchev–Trinajstić information content (AvgIpc) is 2.74. The Morgan fingerprint density at radius 1 is 1.23 bits per heavy atom. The van der Waals surface area contributed by atoms with E-state index < -0.39 is 11.6 Å². The monoisotopic (exact) mass is 428 g/mol. The van der Waals surface area contributed by atoms with Crippen LogP contribution in [-0.4, -0.2) is 33.9 Å². The summed E-state index contributed by atoms with van der Waals surface area (Å²) in [6.07, 6.45) is 6.46. The van der Waals surface area contributed by atoms with Crippen molar-refractivity contribution in [3.63, 3.8) is 0 Å². The first-order valence-corrected chi connectivity index (χ1v) is 10.1. The minimum Gasteiger partial charge on any atom is -0.402 e. The first-order valence-electron chi connectivity index (χ1n) is 10.1. The van der Waals surface area contributed by atoms with E-state index in [2.05, 4.69) is 9.97 Å². The number of allylic oxidation sites excluding steroid dienone is 2. The standard InChI is InChI=1S/C22H26F2N6O/c1-2-30(22(31)18-10-29-19(26)11-28-18)12-14-6-3-5-13(21(14)27)9-17(25)20-15(23)7-4-8-16(20)24/h4,7-11,14H,2-3,5-6,12,25,27H2,1H3,(H2,26,29)/b17-9-. The van der Waals surface area contributed by atoms with Crippen LogP contribution in [0.5, 0.6) is 0 Å². The number of benzene rings is 1. The Kier molecular flexibility index (Phi) is 6.84. The summed E-state index contributed by atoms with van der Waals surface area (Å²) in [5.74, 6) is -1.60. The van der Waals surface area contributed by atoms with Gasteiger partial charge >= 0.3 is 0 Å². The Labute approximate surface area is 179 Å². The topological polar surface area (TPSA) is 124 Å². The van der Waals surface area contributed by atoms with Crippen molar-refractivity contribution in [2.24, 2.45) is 17.4 Å². The lowest BCUT2D eigenvalue weighted by Crippen LogP contribution is -2.38. The van der Waals surface area contributed by atoms with E-state index in [-0.39, 0.29) is 34.6 Å². The Morgan fingerprint density at radius 2 is 1.94 bits per heavy atom. The maximum Gasteiger partial charge on any atom is 0.274 e. The van der Waals surface area contributed by atoms with Crippen LogP contribution in [0.3, 0.4) is 0 Å². The molecule has 164 valence electrons. The summed E-state index contributed by atoms with van der Waals surface area (Å²) in [6.45, 7) is 2.71. The third-order valence-electron chi connectivity index (χ3n) is 5.39. The lowest BCUT2D eigenvalue weighted by atomic mass is 9.86. The number of nitrogen functional groups attached to an aromatic ring is 1. The maximum absolute atomic E-state index is 14.1. The number of hydrogen-bond donors (Lipinski definition) is 3. The Balaban J connectivity index is 1.83. The quantitative estimate of drug-likeness (QED) is 0.650.